The summed E-state index contributed by atoms with van der Waals surface area (Å²) in [6, 6.07) is 12.1. The smallest absolute Gasteiger partial charge is 0.387 e. The fraction of sp³-hybridized carbons (Fsp3) is 0.211. The van der Waals surface area contributed by atoms with Gasteiger partial charge in [0.05, 0.1) is 7.11 Å². The van der Waals surface area contributed by atoms with Gasteiger partial charge in [-0.1, -0.05) is 18.2 Å². The Hall–Kier alpha value is -2.54. The van der Waals surface area contributed by atoms with Crippen LogP contribution in [0.25, 0.3) is 6.08 Å². The molecular weight excluding hydrogens is 362 g/mol. The van der Waals surface area contributed by atoms with Crippen LogP contribution in [-0.2, 0) is 16.1 Å². The summed E-state index contributed by atoms with van der Waals surface area (Å²) in [6.07, 6.45) is 4.98. The number of alkyl halides is 2. The van der Waals surface area contributed by atoms with Crippen LogP contribution in [-0.4, -0.2) is 25.9 Å². The van der Waals surface area contributed by atoms with Gasteiger partial charge in [-0.05, 0) is 47.7 Å². The highest BCUT2D eigenvalue weighted by Gasteiger charge is 2.11. The average Bonchev–Trinajstić information content (AvgIpc) is 2.65. The highest BCUT2D eigenvalue weighted by molar-refractivity contribution is 7.98. The van der Waals surface area contributed by atoms with Crippen molar-refractivity contribution >= 4 is 23.8 Å². The van der Waals surface area contributed by atoms with Crippen molar-refractivity contribution in [2.45, 2.75) is 18.1 Å². The Bertz CT molecular complexity index is 761. The standard InChI is InChI=1S/C19H18F2O4S/c1-23-17-11-14(5-9-16(17)25-19(20)21)12-24-18(22)10-6-13-3-7-15(26-2)8-4-13/h3-11,19H,12H2,1-2H3/b10-6+. The fourth-order valence-corrected chi connectivity index (χ4v) is 2.49. The number of methoxy groups -OCH3 is 1. The maximum absolute atomic E-state index is 12.3. The molecule has 0 saturated carbocycles. The van der Waals surface area contributed by atoms with Crippen LogP contribution < -0.4 is 9.47 Å². The molecule has 0 aromatic heterocycles. The molecule has 0 fully saturated rings. The lowest BCUT2D eigenvalue weighted by Crippen LogP contribution is -2.05. The van der Waals surface area contributed by atoms with E-state index in [-0.39, 0.29) is 18.1 Å². The molecule has 0 bridgehead atoms. The molecular formula is C19H18F2O4S. The predicted molar refractivity (Wildman–Crippen MR) is 96.7 cm³/mol. The minimum absolute atomic E-state index is 0.0140. The van der Waals surface area contributed by atoms with Crippen LogP contribution in [0.15, 0.2) is 53.4 Å². The molecule has 0 atom stereocenters. The normalized spacial score (nSPS) is 11.0. The predicted octanol–water partition coefficient (Wildman–Crippen LogP) is 4.78. The van der Waals surface area contributed by atoms with E-state index in [9.17, 15) is 13.6 Å². The van der Waals surface area contributed by atoms with E-state index in [0.29, 0.717) is 5.56 Å². The first kappa shape index (κ1) is 19.8. The van der Waals surface area contributed by atoms with Gasteiger partial charge in [0.25, 0.3) is 0 Å². The lowest BCUT2D eigenvalue weighted by molar-refractivity contribution is -0.138. The molecule has 0 N–H and O–H groups in total. The molecule has 2 rings (SSSR count). The lowest BCUT2D eigenvalue weighted by Gasteiger charge is -2.11. The zero-order valence-electron chi connectivity index (χ0n) is 14.3. The summed E-state index contributed by atoms with van der Waals surface area (Å²) in [7, 11) is 1.34. The molecule has 26 heavy (non-hydrogen) atoms. The maximum atomic E-state index is 12.3. The number of carbonyl (C=O) groups excluding carboxylic acids is 1. The van der Waals surface area contributed by atoms with Crippen LogP contribution in [0.4, 0.5) is 8.78 Å². The van der Waals surface area contributed by atoms with Gasteiger partial charge in [0.2, 0.25) is 0 Å². The van der Waals surface area contributed by atoms with E-state index in [1.165, 1.54) is 31.4 Å². The zero-order chi connectivity index (χ0) is 18.9. The first-order chi connectivity index (χ1) is 12.5. The van der Waals surface area contributed by atoms with Crippen molar-refractivity contribution < 1.29 is 27.8 Å². The van der Waals surface area contributed by atoms with Crippen LogP contribution in [0, 0.1) is 0 Å². The Morgan fingerprint density at radius 3 is 2.50 bits per heavy atom. The number of halogens is 2. The fourth-order valence-electron chi connectivity index (χ4n) is 2.08. The topological polar surface area (TPSA) is 44.8 Å². The largest absolute Gasteiger partial charge is 0.493 e. The van der Waals surface area contributed by atoms with Crippen LogP contribution in [0.1, 0.15) is 11.1 Å². The average molecular weight is 380 g/mol. The molecule has 0 aliphatic heterocycles. The summed E-state index contributed by atoms with van der Waals surface area (Å²) in [5.41, 5.74) is 1.48. The molecule has 0 radical (unpaired) electrons. The molecule has 0 heterocycles. The summed E-state index contributed by atoms with van der Waals surface area (Å²) in [6.45, 7) is -2.96. The van der Waals surface area contributed by atoms with Crippen molar-refractivity contribution in [1.29, 1.82) is 0 Å². The van der Waals surface area contributed by atoms with Gasteiger partial charge in [0.1, 0.15) is 6.61 Å². The van der Waals surface area contributed by atoms with Gasteiger partial charge in [-0.2, -0.15) is 8.78 Å². The van der Waals surface area contributed by atoms with Gasteiger partial charge in [0.15, 0.2) is 11.5 Å². The van der Waals surface area contributed by atoms with Gasteiger partial charge >= 0.3 is 12.6 Å². The number of hydrogen-bond donors (Lipinski definition) is 0. The third-order valence-electron chi connectivity index (χ3n) is 3.35. The van der Waals surface area contributed by atoms with Gasteiger partial charge < -0.3 is 14.2 Å². The molecule has 0 aliphatic carbocycles. The molecule has 2 aromatic rings. The van der Waals surface area contributed by atoms with Crippen LogP contribution in [0.5, 0.6) is 11.5 Å². The van der Waals surface area contributed by atoms with E-state index in [1.54, 1.807) is 17.8 Å². The zero-order valence-corrected chi connectivity index (χ0v) is 15.1. The number of benzene rings is 2. The Morgan fingerprint density at radius 1 is 1.15 bits per heavy atom. The summed E-state index contributed by atoms with van der Waals surface area (Å²) in [5, 5.41) is 0. The quantitative estimate of drug-likeness (QED) is 0.375. The number of ether oxygens (including phenoxy) is 3. The second kappa shape index (κ2) is 9.82. The minimum Gasteiger partial charge on any atom is -0.493 e. The molecule has 4 nitrogen and oxygen atoms in total. The Labute approximate surface area is 154 Å². The SMILES string of the molecule is COc1cc(COC(=O)/C=C/c2ccc(SC)cc2)ccc1OC(F)F. The first-order valence-corrected chi connectivity index (χ1v) is 8.85. The van der Waals surface area contributed by atoms with Gasteiger partial charge in [0, 0.05) is 11.0 Å². The van der Waals surface area contributed by atoms with Crippen LogP contribution in [0.2, 0.25) is 0 Å². The molecule has 0 amide bonds. The second-order valence-electron chi connectivity index (χ2n) is 5.08. The third kappa shape index (κ3) is 6.07. The summed E-state index contributed by atoms with van der Waals surface area (Å²) < 4.78 is 39.1. The van der Waals surface area contributed by atoms with E-state index in [4.69, 9.17) is 9.47 Å². The van der Waals surface area contributed by atoms with E-state index >= 15 is 0 Å². The van der Waals surface area contributed by atoms with Gasteiger partial charge in [-0.3, -0.25) is 0 Å². The van der Waals surface area contributed by atoms with Crippen molar-refractivity contribution in [3.63, 3.8) is 0 Å². The van der Waals surface area contributed by atoms with E-state index in [2.05, 4.69) is 4.74 Å². The van der Waals surface area contributed by atoms with Crippen LogP contribution in [0.3, 0.4) is 0 Å². The Balaban J connectivity index is 1.92. The second-order valence-corrected chi connectivity index (χ2v) is 5.96. The molecule has 0 aliphatic rings. The van der Waals surface area contributed by atoms with Crippen LogP contribution >= 0.6 is 11.8 Å². The van der Waals surface area contributed by atoms with Gasteiger partial charge in [-0.25, -0.2) is 4.79 Å². The summed E-state index contributed by atoms with van der Waals surface area (Å²) in [4.78, 5) is 12.9. The van der Waals surface area contributed by atoms with Crippen molar-refractivity contribution in [2.75, 3.05) is 13.4 Å². The highest BCUT2D eigenvalue weighted by atomic mass is 32.2. The first-order valence-electron chi connectivity index (χ1n) is 7.62. The minimum atomic E-state index is -2.94. The molecule has 0 unspecified atom stereocenters. The molecule has 2 aromatic carbocycles. The van der Waals surface area contributed by atoms with E-state index in [1.807, 2.05) is 30.5 Å². The van der Waals surface area contributed by atoms with Crippen molar-refractivity contribution in [1.82, 2.24) is 0 Å². The van der Waals surface area contributed by atoms with Crippen molar-refractivity contribution in [3.05, 3.63) is 59.7 Å². The number of carbonyl (C=O) groups is 1. The highest BCUT2D eigenvalue weighted by Crippen LogP contribution is 2.29. The molecule has 0 saturated heterocycles. The lowest BCUT2D eigenvalue weighted by atomic mass is 10.2. The number of thioether (sulfide) groups is 1. The Kier molecular flexibility index (Phi) is 7.47. The number of hydrogen-bond acceptors (Lipinski definition) is 5. The number of esters is 1. The maximum Gasteiger partial charge on any atom is 0.387 e. The molecule has 0 spiro atoms. The monoisotopic (exact) mass is 380 g/mol. The van der Waals surface area contributed by atoms with Crippen molar-refractivity contribution in [3.8, 4) is 11.5 Å². The Morgan fingerprint density at radius 2 is 1.88 bits per heavy atom. The van der Waals surface area contributed by atoms with Gasteiger partial charge in [-0.15, -0.1) is 11.8 Å². The number of rotatable bonds is 8. The third-order valence-corrected chi connectivity index (χ3v) is 4.10. The summed E-state index contributed by atoms with van der Waals surface area (Å²) in [5.74, 6) is -0.444. The van der Waals surface area contributed by atoms with E-state index < -0.39 is 12.6 Å². The summed E-state index contributed by atoms with van der Waals surface area (Å²) >= 11 is 1.64. The molecule has 7 heteroatoms. The van der Waals surface area contributed by atoms with Crippen molar-refractivity contribution in [2.24, 2.45) is 0 Å². The molecule has 138 valence electrons. The van der Waals surface area contributed by atoms with E-state index in [0.717, 1.165) is 10.5 Å².